The number of ether oxygens (including phenoxy) is 1. The van der Waals surface area contributed by atoms with Crippen molar-refractivity contribution < 1.29 is 9.53 Å². The van der Waals surface area contributed by atoms with E-state index in [0.717, 1.165) is 0 Å². The number of benzene rings is 1. The molecule has 1 aromatic heterocycles. The van der Waals surface area contributed by atoms with Gasteiger partial charge < -0.3 is 14.7 Å². The monoisotopic (exact) mass is 265 g/mol. The summed E-state index contributed by atoms with van der Waals surface area (Å²) in [6, 6.07) is 6.07. The average molecular weight is 266 g/mol. The Balaban J connectivity index is 2.73. The fourth-order valence-corrected chi connectivity index (χ4v) is 1.82. The summed E-state index contributed by atoms with van der Waals surface area (Å²) >= 11 is 5.83. The molecule has 1 aromatic carbocycles. The quantitative estimate of drug-likeness (QED) is 0.846. The lowest BCUT2D eigenvalue weighted by molar-refractivity contribution is 0.0523. The van der Waals surface area contributed by atoms with E-state index in [1.807, 2.05) is 0 Å². The fraction of sp³-hybridized carbons (Fsp3) is 0.167. The summed E-state index contributed by atoms with van der Waals surface area (Å²) in [7, 11) is 0. The van der Waals surface area contributed by atoms with Crippen LogP contribution in [0.4, 0.5) is 0 Å². The number of nitrogens with zero attached hydrogens (tertiary/aromatic N) is 1. The molecule has 1 N–H and O–H groups in total. The maximum Gasteiger partial charge on any atom is 0.341 e. The lowest BCUT2D eigenvalue weighted by Gasteiger charge is -2.17. The number of fused-ring (bicyclic) bond motifs is 1. The Kier molecular flexibility index (Phi) is 3.25. The normalized spacial score (nSPS) is 10.6. The van der Waals surface area contributed by atoms with Crippen molar-refractivity contribution in [3.63, 3.8) is 0 Å². The van der Waals surface area contributed by atoms with Gasteiger partial charge in [0.1, 0.15) is 11.1 Å². The van der Waals surface area contributed by atoms with Crippen molar-refractivity contribution in [2.24, 2.45) is 0 Å². The van der Waals surface area contributed by atoms with Crippen LogP contribution in [-0.2, 0) is 4.74 Å². The zero-order valence-corrected chi connectivity index (χ0v) is 10.3. The van der Waals surface area contributed by atoms with Crippen LogP contribution in [0.3, 0.4) is 0 Å². The summed E-state index contributed by atoms with van der Waals surface area (Å²) in [5.74, 6) is -0.686. The molecule has 94 valence electrons. The molecule has 0 aliphatic heterocycles. The van der Waals surface area contributed by atoms with Gasteiger partial charge in [-0.1, -0.05) is 11.6 Å². The molecule has 0 fully saturated rings. The highest BCUT2D eigenvalue weighted by Crippen LogP contribution is 2.18. The third kappa shape index (κ3) is 2.04. The van der Waals surface area contributed by atoms with E-state index >= 15 is 0 Å². The van der Waals surface area contributed by atoms with Crippen molar-refractivity contribution >= 4 is 28.5 Å². The Bertz CT molecular complexity index is 679. The second-order valence-corrected chi connectivity index (χ2v) is 4.06. The molecule has 6 heteroatoms. The summed E-state index contributed by atoms with van der Waals surface area (Å²) < 4.78 is 5.19. The van der Waals surface area contributed by atoms with E-state index in [1.165, 1.54) is 12.1 Å². The first-order valence-electron chi connectivity index (χ1n) is 5.29. The van der Waals surface area contributed by atoms with Crippen LogP contribution in [0, 0.1) is 10.6 Å². The Morgan fingerprint density at radius 2 is 2.22 bits per heavy atom. The number of nitrogens with one attached hydrogen (secondary N) is 1. The van der Waals surface area contributed by atoms with E-state index in [2.05, 4.69) is 0 Å². The van der Waals surface area contributed by atoms with Gasteiger partial charge in [0.2, 0.25) is 0 Å². The van der Waals surface area contributed by atoms with Crippen molar-refractivity contribution in [3.8, 4) is 0 Å². The molecule has 0 saturated heterocycles. The van der Waals surface area contributed by atoms with Crippen LogP contribution in [-0.4, -0.2) is 17.3 Å². The van der Waals surface area contributed by atoms with Crippen LogP contribution in [0.1, 0.15) is 17.3 Å². The summed E-state index contributed by atoms with van der Waals surface area (Å²) in [6.45, 7) is 1.84. The fourth-order valence-electron chi connectivity index (χ4n) is 1.64. The number of carbonyl (C=O) groups is 1. The Hall–Kier alpha value is -2.01. The van der Waals surface area contributed by atoms with Crippen LogP contribution >= 0.6 is 11.6 Å². The molecule has 0 bridgehead atoms. The van der Waals surface area contributed by atoms with Crippen molar-refractivity contribution in [1.29, 1.82) is 5.41 Å². The number of rotatable bonds is 2. The highest BCUT2D eigenvalue weighted by molar-refractivity contribution is 6.31. The minimum atomic E-state index is -0.686. The molecule has 0 amide bonds. The van der Waals surface area contributed by atoms with Gasteiger partial charge >= 0.3 is 5.97 Å². The largest absolute Gasteiger partial charge is 0.804 e. The van der Waals surface area contributed by atoms with Gasteiger partial charge in [0.25, 0.3) is 0 Å². The number of pyridine rings is 1. The lowest BCUT2D eigenvalue weighted by atomic mass is 10.1. The summed E-state index contributed by atoms with van der Waals surface area (Å²) in [5.41, 5.74) is -0.206. The van der Waals surface area contributed by atoms with Gasteiger partial charge in [0, 0.05) is 15.9 Å². The molecule has 2 aromatic rings. The minimum Gasteiger partial charge on any atom is -0.804 e. The number of hydrogen-bond acceptors (Lipinski definition) is 4. The van der Waals surface area contributed by atoms with Crippen LogP contribution < -0.4 is 5.49 Å². The second-order valence-electron chi connectivity index (χ2n) is 3.62. The first-order chi connectivity index (χ1) is 8.54. The standard InChI is InChI=1S/C12H10ClN2O3/c1-2-18-12(16)9-6-7-5-8(13)3-4-10(7)15(17)11(9)14/h3-6,14H,2H2,1H3/q-1. The van der Waals surface area contributed by atoms with Gasteiger partial charge in [0.15, 0.2) is 0 Å². The van der Waals surface area contributed by atoms with E-state index in [0.29, 0.717) is 15.1 Å². The molecule has 18 heavy (non-hydrogen) atoms. The van der Waals surface area contributed by atoms with E-state index in [4.69, 9.17) is 21.7 Å². The highest BCUT2D eigenvalue weighted by Gasteiger charge is 2.11. The Morgan fingerprint density at radius 1 is 1.50 bits per heavy atom. The molecule has 0 aliphatic carbocycles. The van der Waals surface area contributed by atoms with Crippen molar-refractivity contribution in [1.82, 2.24) is 4.73 Å². The maximum atomic E-state index is 11.8. The first-order valence-corrected chi connectivity index (χ1v) is 5.67. The Labute approximate surface area is 108 Å². The second kappa shape index (κ2) is 4.70. The molecule has 2 rings (SSSR count). The molecular weight excluding hydrogens is 256 g/mol. The van der Waals surface area contributed by atoms with Gasteiger partial charge in [-0.2, -0.15) is 0 Å². The SMILES string of the molecule is CCOC(=O)c1cc2cc(Cl)ccc2n([O-])c1=N. The molecule has 0 spiro atoms. The molecule has 1 heterocycles. The van der Waals surface area contributed by atoms with Gasteiger partial charge in [-0.15, -0.1) is 0 Å². The smallest absolute Gasteiger partial charge is 0.341 e. The summed E-state index contributed by atoms with van der Waals surface area (Å²) in [5, 5.41) is 20.5. The predicted molar refractivity (Wildman–Crippen MR) is 67.5 cm³/mol. The summed E-state index contributed by atoms with van der Waals surface area (Å²) in [6.07, 6.45) is 0. The number of carbonyl (C=O) groups excluding carboxylic acids is 1. The van der Waals surface area contributed by atoms with E-state index in [-0.39, 0.29) is 17.7 Å². The minimum absolute atomic E-state index is 0.0679. The number of hydrogen-bond donors (Lipinski definition) is 1. The zero-order valence-electron chi connectivity index (χ0n) is 9.57. The van der Waals surface area contributed by atoms with E-state index in [1.54, 1.807) is 19.1 Å². The lowest BCUT2D eigenvalue weighted by Crippen LogP contribution is -2.25. The number of aromatic nitrogens is 1. The molecule has 0 atom stereocenters. The molecule has 0 aliphatic rings. The third-order valence-corrected chi connectivity index (χ3v) is 2.70. The summed E-state index contributed by atoms with van der Waals surface area (Å²) in [4.78, 5) is 11.6. The van der Waals surface area contributed by atoms with Crippen LogP contribution in [0.5, 0.6) is 0 Å². The van der Waals surface area contributed by atoms with Crippen molar-refractivity contribution in [2.45, 2.75) is 6.92 Å². The van der Waals surface area contributed by atoms with Crippen molar-refractivity contribution in [3.05, 3.63) is 45.5 Å². The van der Waals surface area contributed by atoms with Gasteiger partial charge in [-0.05, 0) is 31.2 Å². The number of esters is 1. The Morgan fingerprint density at radius 3 is 2.89 bits per heavy atom. The first kappa shape index (κ1) is 12.4. The molecule has 0 radical (unpaired) electrons. The molecular formula is C12H10ClN2O3-. The third-order valence-electron chi connectivity index (χ3n) is 2.46. The van der Waals surface area contributed by atoms with Gasteiger partial charge in [0.05, 0.1) is 6.61 Å². The van der Waals surface area contributed by atoms with E-state index < -0.39 is 11.5 Å². The van der Waals surface area contributed by atoms with Crippen LogP contribution in [0.15, 0.2) is 24.3 Å². The number of halogens is 1. The van der Waals surface area contributed by atoms with Gasteiger partial charge in [-0.25, -0.2) is 4.79 Å². The molecule has 0 saturated carbocycles. The molecule has 0 unspecified atom stereocenters. The van der Waals surface area contributed by atoms with Crippen molar-refractivity contribution in [2.75, 3.05) is 6.61 Å². The average Bonchev–Trinajstić information content (AvgIpc) is 2.33. The van der Waals surface area contributed by atoms with Gasteiger partial charge in [-0.3, -0.25) is 5.41 Å². The van der Waals surface area contributed by atoms with E-state index in [9.17, 15) is 10.0 Å². The maximum absolute atomic E-state index is 11.8. The highest BCUT2D eigenvalue weighted by atomic mass is 35.5. The van der Waals surface area contributed by atoms with Crippen LogP contribution in [0.25, 0.3) is 10.9 Å². The molecule has 5 nitrogen and oxygen atoms in total. The van der Waals surface area contributed by atoms with Crippen LogP contribution in [0.2, 0.25) is 5.02 Å². The predicted octanol–water partition coefficient (Wildman–Crippen LogP) is 2.30. The zero-order chi connectivity index (χ0) is 13.3. The topological polar surface area (TPSA) is 78.1 Å².